The van der Waals surface area contributed by atoms with Crippen LogP contribution in [0.25, 0.3) is 0 Å². The van der Waals surface area contributed by atoms with E-state index in [-0.39, 0.29) is 5.97 Å². The molecule has 0 aliphatic heterocycles. The highest BCUT2D eigenvalue weighted by molar-refractivity contribution is 7.07. The van der Waals surface area contributed by atoms with Crippen LogP contribution in [0, 0.1) is 0 Å². The maximum Gasteiger partial charge on any atom is 0.310 e. The maximum absolute atomic E-state index is 11.0. The van der Waals surface area contributed by atoms with E-state index in [0.717, 1.165) is 5.56 Å². The number of rotatable bonds is 4. The van der Waals surface area contributed by atoms with E-state index in [1.807, 2.05) is 16.8 Å². The first kappa shape index (κ1) is 9.00. The van der Waals surface area contributed by atoms with E-state index in [0.29, 0.717) is 13.0 Å². The molecule has 0 amide bonds. The zero-order valence-corrected chi connectivity index (χ0v) is 7.47. The van der Waals surface area contributed by atoms with Gasteiger partial charge in [-0.3, -0.25) is 4.79 Å². The van der Waals surface area contributed by atoms with Crippen LogP contribution in [0.5, 0.6) is 0 Å². The van der Waals surface area contributed by atoms with Gasteiger partial charge in [-0.2, -0.15) is 11.3 Å². The summed E-state index contributed by atoms with van der Waals surface area (Å²) < 4.78 is 4.81. The minimum Gasteiger partial charge on any atom is -0.461 e. The summed E-state index contributed by atoms with van der Waals surface area (Å²) in [5.74, 6) is -0.201. The van der Waals surface area contributed by atoms with Gasteiger partial charge in [0.25, 0.3) is 0 Å². The summed E-state index contributed by atoms with van der Waals surface area (Å²) in [5, 5.41) is 3.88. The number of ether oxygens (including phenoxy) is 1. The van der Waals surface area contributed by atoms with Gasteiger partial charge in [0, 0.05) is 0 Å². The van der Waals surface area contributed by atoms with E-state index in [1.165, 1.54) is 0 Å². The highest BCUT2D eigenvalue weighted by atomic mass is 32.1. The molecule has 0 saturated carbocycles. The van der Waals surface area contributed by atoms with Gasteiger partial charge in [0.1, 0.15) is 6.61 Å². The Balaban J connectivity index is 2.32. The summed E-state index contributed by atoms with van der Waals surface area (Å²) in [4.78, 5) is 11.0. The molecule has 2 nitrogen and oxygen atoms in total. The predicted octanol–water partition coefficient (Wildman–Crippen LogP) is 2.02. The van der Waals surface area contributed by atoms with Crippen molar-refractivity contribution in [1.82, 2.24) is 0 Å². The minimum absolute atomic E-state index is 0.201. The first-order chi connectivity index (χ1) is 5.83. The Labute approximate surface area is 75.5 Å². The quantitative estimate of drug-likeness (QED) is 0.526. The summed E-state index contributed by atoms with van der Waals surface area (Å²) in [6.07, 6.45) is 1.92. The Kier molecular flexibility index (Phi) is 3.54. The van der Waals surface area contributed by atoms with Crippen molar-refractivity contribution in [3.8, 4) is 0 Å². The molecule has 0 fully saturated rings. The molecule has 0 aliphatic rings. The third-order valence-corrected chi connectivity index (χ3v) is 2.02. The predicted molar refractivity (Wildman–Crippen MR) is 49.2 cm³/mol. The molecule has 0 bridgehead atoms. The minimum atomic E-state index is -0.201. The lowest BCUT2D eigenvalue weighted by molar-refractivity contribution is -0.141. The zero-order valence-electron chi connectivity index (χ0n) is 6.66. The van der Waals surface area contributed by atoms with Crippen LogP contribution in [0.15, 0.2) is 29.5 Å². The second kappa shape index (κ2) is 4.72. The van der Waals surface area contributed by atoms with Gasteiger partial charge < -0.3 is 4.74 Å². The molecule has 0 unspecified atom stereocenters. The number of hydrogen-bond acceptors (Lipinski definition) is 3. The number of esters is 1. The van der Waals surface area contributed by atoms with E-state index in [2.05, 4.69) is 6.58 Å². The second-order valence-corrected chi connectivity index (χ2v) is 3.06. The van der Waals surface area contributed by atoms with Gasteiger partial charge in [0.15, 0.2) is 0 Å². The summed E-state index contributed by atoms with van der Waals surface area (Å²) in [5.41, 5.74) is 1.01. The molecule has 12 heavy (non-hydrogen) atoms. The Morgan fingerprint density at radius 3 is 3.17 bits per heavy atom. The number of thiophene rings is 1. The summed E-state index contributed by atoms with van der Waals surface area (Å²) in [6.45, 7) is 3.75. The molecule has 0 atom stereocenters. The molecular formula is C9H10O2S. The van der Waals surface area contributed by atoms with Gasteiger partial charge in [-0.25, -0.2) is 0 Å². The Morgan fingerprint density at radius 1 is 1.75 bits per heavy atom. The zero-order chi connectivity index (χ0) is 8.81. The Bertz CT molecular complexity index is 252. The lowest BCUT2D eigenvalue weighted by atomic mass is 10.2. The van der Waals surface area contributed by atoms with Crippen LogP contribution < -0.4 is 0 Å². The number of carbonyl (C=O) groups is 1. The van der Waals surface area contributed by atoms with Crippen LogP contribution in [-0.4, -0.2) is 12.6 Å². The van der Waals surface area contributed by atoms with Crippen LogP contribution in [-0.2, 0) is 16.0 Å². The molecule has 0 N–H and O–H groups in total. The van der Waals surface area contributed by atoms with Crippen LogP contribution in [0.3, 0.4) is 0 Å². The van der Waals surface area contributed by atoms with Crippen molar-refractivity contribution in [2.24, 2.45) is 0 Å². The summed E-state index contributed by atoms with van der Waals surface area (Å²) >= 11 is 1.58. The van der Waals surface area contributed by atoms with Gasteiger partial charge >= 0.3 is 5.97 Å². The van der Waals surface area contributed by atoms with Crippen molar-refractivity contribution in [2.45, 2.75) is 6.42 Å². The SMILES string of the molecule is C=CCOC(=O)Cc1ccsc1. The van der Waals surface area contributed by atoms with Gasteiger partial charge in [-0.1, -0.05) is 12.7 Å². The van der Waals surface area contributed by atoms with E-state index < -0.39 is 0 Å². The molecular weight excluding hydrogens is 172 g/mol. The molecule has 3 heteroatoms. The molecule has 0 radical (unpaired) electrons. The molecule has 0 aliphatic carbocycles. The van der Waals surface area contributed by atoms with Crippen molar-refractivity contribution in [1.29, 1.82) is 0 Å². The van der Waals surface area contributed by atoms with Gasteiger partial charge in [-0.15, -0.1) is 0 Å². The average molecular weight is 182 g/mol. The van der Waals surface area contributed by atoms with Crippen molar-refractivity contribution in [2.75, 3.05) is 6.61 Å². The fraction of sp³-hybridized carbons (Fsp3) is 0.222. The lowest BCUT2D eigenvalue weighted by Gasteiger charge is -1.98. The summed E-state index contributed by atoms with van der Waals surface area (Å²) in [6, 6.07) is 1.92. The van der Waals surface area contributed by atoms with Crippen LogP contribution in [0.2, 0.25) is 0 Å². The van der Waals surface area contributed by atoms with E-state index in [1.54, 1.807) is 17.4 Å². The molecule has 1 aromatic rings. The molecule has 1 heterocycles. The molecule has 0 spiro atoms. The monoisotopic (exact) mass is 182 g/mol. The van der Waals surface area contributed by atoms with Crippen LogP contribution in [0.1, 0.15) is 5.56 Å². The highest BCUT2D eigenvalue weighted by Crippen LogP contribution is 2.06. The standard InChI is InChI=1S/C9H10O2S/c1-2-4-11-9(10)6-8-3-5-12-7-8/h2-3,5,7H,1,4,6H2. The fourth-order valence-corrected chi connectivity index (χ4v) is 1.43. The van der Waals surface area contributed by atoms with E-state index in [9.17, 15) is 4.79 Å². The van der Waals surface area contributed by atoms with E-state index in [4.69, 9.17) is 4.74 Å². The van der Waals surface area contributed by atoms with Crippen LogP contribution in [0.4, 0.5) is 0 Å². The Morgan fingerprint density at radius 2 is 2.58 bits per heavy atom. The number of carbonyl (C=O) groups excluding carboxylic acids is 1. The normalized spacial score (nSPS) is 9.33. The van der Waals surface area contributed by atoms with Gasteiger partial charge in [0.05, 0.1) is 6.42 Å². The fourth-order valence-electron chi connectivity index (χ4n) is 0.763. The highest BCUT2D eigenvalue weighted by Gasteiger charge is 2.02. The topological polar surface area (TPSA) is 26.3 Å². The van der Waals surface area contributed by atoms with E-state index >= 15 is 0 Å². The molecule has 64 valence electrons. The van der Waals surface area contributed by atoms with Crippen molar-refractivity contribution >= 4 is 17.3 Å². The smallest absolute Gasteiger partial charge is 0.310 e. The maximum atomic E-state index is 11.0. The lowest BCUT2D eigenvalue weighted by Crippen LogP contribution is -2.06. The van der Waals surface area contributed by atoms with Gasteiger partial charge in [0.2, 0.25) is 0 Å². The first-order valence-corrected chi connectivity index (χ1v) is 4.55. The van der Waals surface area contributed by atoms with Crippen molar-refractivity contribution in [3.63, 3.8) is 0 Å². The second-order valence-electron chi connectivity index (χ2n) is 2.28. The molecule has 1 aromatic heterocycles. The third-order valence-electron chi connectivity index (χ3n) is 1.29. The first-order valence-electron chi connectivity index (χ1n) is 3.60. The molecule has 0 aromatic carbocycles. The van der Waals surface area contributed by atoms with Crippen LogP contribution >= 0.6 is 11.3 Å². The number of hydrogen-bond donors (Lipinski definition) is 0. The molecule has 1 rings (SSSR count). The molecule has 0 saturated heterocycles. The Hall–Kier alpha value is -1.09. The largest absolute Gasteiger partial charge is 0.461 e. The average Bonchev–Trinajstić information content (AvgIpc) is 2.53. The third kappa shape index (κ3) is 2.88. The summed E-state index contributed by atoms with van der Waals surface area (Å²) in [7, 11) is 0. The van der Waals surface area contributed by atoms with Crippen molar-refractivity contribution in [3.05, 3.63) is 35.0 Å². The van der Waals surface area contributed by atoms with Gasteiger partial charge in [-0.05, 0) is 22.4 Å². The van der Waals surface area contributed by atoms with Crippen molar-refractivity contribution < 1.29 is 9.53 Å².